The highest BCUT2D eigenvalue weighted by atomic mass is 16.6. The Morgan fingerprint density at radius 1 is 0.522 bits per heavy atom. The third-order valence-electron chi connectivity index (χ3n) is 7.48. The second-order valence-corrected chi connectivity index (χ2v) is 11.9. The van der Waals surface area contributed by atoms with Gasteiger partial charge < -0.3 is 14.6 Å². The van der Waals surface area contributed by atoms with Crippen LogP contribution in [0.1, 0.15) is 155 Å². The molecule has 0 radical (unpaired) electrons. The molecule has 0 unspecified atom stereocenters. The zero-order valence-corrected chi connectivity index (χ0v) is 29.6. The number of ether oxygens (including phenoxy) is 2. The van der Waals surface area contributed by atoms with Crippen LogP contribution < -0.4 is 0 Å². The first-order valence-electron chi connectivity index (χ1n) is 18.5. The van der Waals surface area contributed by atoms with Gasteiger partial charge in [-0.15, -0.1) is 0 Å². The molecule has 0 saturated heterocycles. The number of aliphatic hydroxyl groups excluding tert-OH is 1. The van der Waals surface area contributed by atoms with E-state index in [2.05, 4.69) is 86.8 Å². The van der Waals surface area contributed by atoms with Crippen molar-refractivity contribution >= 4 is 11.9 Å². The second-order valence-electron chi connectivity index (χ2n) is 11.9. The molecule has 0 spiro atoms. The molecule has 1 atom stereocenters. The molecule has 46 heavy (non-hydrogen) atoms. The molecule has 5 heteroatoms. The van der Waals surface area contributed by atoms with Crippen LogP contribution in [0.15, 0.2) is 72.9 Å². The smallest absolute Gasteiger partial charge is 0.306 e. The van der Waals surface area contributed by atoms with Crippen LogP contribution in [-0.2, 0) is 19.1 Å². The predicted molar refractivity (Wildman–Crippen MR) is 196 cm³/mol. The number of carbonyl (C=O) groups is 2. The van der Waals surface area contributed by atoms with Crippen molar-refractivity contribution in [2.45, 2.75) is 161 Å². The number of unbranched alkanes of at least 4 members (excludes halogenated alkanes) is 12. The van der Waals surface area contributed by atoms with Gasteiger partial charge in [0.2, 0.25) is 0 Å². The molecular weight excluding hydrogens is 572 g/mol. The van der Waals surface area contributed by atoms with Crippen molar-refractivity contribution in [3.05, 3.63) is 72.9 Å². The van der Waals surface area contributed by atoms with Crippen LogP contribution >= 0.6 is 0 Å². The van der Waals surface area contributed by atoms with Crippen LogP contribution in [0.25, 0.3) is 0 Å². The molecule has 0 aliphatic heterocycles. The zero-order chi connectivity index (χ0) is 33.6. The van der Waals surface area contributed by atoms with Crippen molar-refractivity contribution in [3.63, 3.8) is 0 Å². The largest absolute Gasteiger partial charge is 0.462 e. The summed E-state index contributed by atoms with van der Waals surface area (Å²) in [5, 5.41) is 9.53. The highest BCUT2D eigenvalue weighted by Gasteiger charge is 2.16. The molecule has 0 fully saturated rings. The average molecular weight is 641 g/mol. The van der Waals surface area contributed by atoms with Gasteiger partial charge in [-0.2, -0.15) is 0 Å². The predicted octanol–water partition coefficient (Wildman–Crippen LogP) is 11.4. The molecular formula is C41H68O5. The Morgan fingerprint density at radius 2 is 0.957 bits per heavy atom. The van der Waals surface area contributed by atoms with Gasteiger partial charge in [0.05, 0.1) is 6.61 Å². The van der Waals surface area contributed by atoms with Crippen molar-refractivity contribution in [1.82, 2.24) is 0 Å². The van der Waals surface area contributed by atoms with E-state index in [4.69, 9.17) is 9.47 Å². The Hall–Kier alpha value is -2.66. The second kappa shape index (κ2) is 36.8. The van der Waals surface area contributed by atoms with E-state index < -0.39 is 6.10 Å². The summed E-state index contributed by atoms with van der Waals surface area (Å²) in [4.78, 5) is 24.2. The minimum Gasteiger partial charge on any atom is -0.462 e. The summed E-state index contributed by atoms with van der Waals surface area (Å²) >= 11 is 0. The lowest BCUT2D eigenvalue weighted by Crippen LogP contribution is -2.28. The Morgan fingerprint density at radius 3 is 1.50 bits per heavy atom. The lowest BCUT2D eigenvalue weighted by atomic mass is 10.1. The third kappa shape index (κ3) is 34.2. The van der Waals surface area contributed by atoms with E-state index in [1.54, 1.807) is 0 Å². The summed E-state index contributed by atoms with van der Waals surface area (Å²) in [7, 11) is 0. The molecule has 5 nitrogen and oxygen atoms in total. The summed E-state index contributed by atoms with van der Waals surface area (Å²) < 4.78 is 10.5. The third-order valence-corrected chi connectivity index (χ3v) is 7.48. The summed E-state index contributed by atoms with van der Waals surface area (Å²) in [6.45, 7) is 3.94. The van der Waals surface area contributed by atoms with Crippen molar-refractivity contribution in [3.8, 4) is 0 Å². The van der Waals surface area contributed by atoms with Crippen LogP contribution in [0.2, 0.25) is 0 Å². The SMILES string of the molecule is CC/C=C/C/C=C/C/C=C/C/C=C/C/C=C/CCCC(=O)OC[C@H](CO)OC(=O)CCCCCCCCC/C=C/CCCCCC. The molecule has 0 heterocycles. The molecule has 262 valence electrons. The minimum absolute atomic E-state index is 0.100. The van der Waals surface area contributed by atoms with E-state index in [0.29, 0.717) is 19.3 Å². The maximum atomic E-state index is 12.1. The van der Waals surface area contributed by atoms with Crippen LogP contribution in [0.3, 0.4) is 0 Å². The maximum Gasteiger partial charge on any atom is 0.306 e. The van der Waals surface area contributed by atoms with Gasteiger partial charge in [-0.1, -0.05) is 138 Å². The molecule has 0 saturated carbocycles. The summed E-state index contributed by atoms with van der Waals surface area (Å²) in [6, 6.07) is 0. The van der Waals surface area contributed by atoms with Crippen molar-refractivity contribution < 1.29 is 24.2 Å². The normalized spacial score (nSPS) is 13.0. The fraction of sp³-hybridized carbons (Fsp3) is 0.659. The number of carbonyl (C=O) groups excluding carboxylic acids is 2. The molecule has 0 aliphatic rings. The van der Waals surface area contributed by atoms with Gasteiger partial charge in [-0.05, 0) is 77.0 Å². The molecule has 0 aromatic heterocycles. The molecule has 0 amide bonds. The van der Waals surface area contributed by atoms with Gasteiger partial charge >= 0.3 is 11.9 Å². The van der Waals surface area contributed by atoms with Gasteiger partial charge in [-0.25, -0.2) is 0 Å². The van der Waals surface area contributed by atoms with Gasteiger partial charge in [-0.3, -0.25) is 9.59 Å². The molecule has 1 N–H and O–H groups in total. The first-order valence-corrected chi connectivity index (χ1v) is 18.5. The maximum absolute atomic E-state index is 12.1. The molecule has 0 rings (SSSR count). The van der Waals surface area contributed by atoms with E-state index in [0.717, 1.165) is 57.8 Å². The highest BCUT2D eigenvalue weighted by molar-refractivity contribution is 5.70. The van der Waals surface area contributed by atoms with Crippen molar-refractivity contribution in [1.29, 1.82) is 0 Å². The van der Waals surface area contributed by atoms with Crippen molar-refractivity contribution in [2.24, 2.45) is 0 Å². The molecule has 0 bridgehead atoms. The Kier molecular flexibility index (Phi) is 34.7. The Bertz CT molecular complexity index is 864. The van der Waals surface area contributed by atoms with Crippen LogP contribution in [0.5, 0.6) is 0 Å². The molecule has 0 aromatic rings. The number of hydrogen-bond donors (Lipinski definition) is 1. The monoisotopic (exact) mass is 641 g/mol. The minimum atomic E-state index is -0.798. The fourth-order valence-corrected chi connectivity index (χ4v) is 4.70. The number of rotatable bonds is 32. The van der Waals surface area contributed by atoms with E-state index in [1.165, 1.54) is 64.2 Å². The van der Waals surface area contributed by atoms with Crippen LogP contribution in [-0.4, -0.2) is 36.4 Å². The standard InChI is InChI=1S/C41H68O5/c1-3-5-7-9-11-13-15-17-19-20-22-23-25-27-29-31-33-35-40(43)45-38-39(37-42)46-41(44)36-34-32-30-28-26-24-21-18-16-14-12-10-8-6-4-2/h5,7,11,13-14,16-17,19,22-23,27,29,39,42H,3-4,6,8-10,12,15,18,20-21,24-26,28,30-38H2,1-2H3/b7-5+,13-11+,16-14+,19-17+,23-22+,29-27+/t39-/m0/s1. The first kappa shape index (κ1) is 43.3. The average Bonchev–Trinajstić information content (AvgIpc) is 3.06. The highest BCUT2D eigenvalue weighted by Crippen LogP contribution is 2.12. The number of allylic oxidation sites excluding steroid dienone is 12. The van der Waals surface area contributed by atoms with E-state index >= 15 is 0 Å². The van der Waals surface area contributed by atoms with Gasteiger partial charge in [0.15, 0.2) is 6.10 Å². The lowest BCUT2D eigenvalue weighted by Gasteiger charge is -2.15. The number of esters is 2. The van der Waals surface area contributed by atoms with Crippen molar-refractivity contribution in [2.75, 3.05) is 13.2 Å². The Balaban J connectivity index is 3.70. The lowest BCUT2D eigenvalue weighted by molar-refractivity contribution is -0.161. The fourth-order valence-electron chi connectivity index (χ4n) is 4.70. The first-order chi connectivity index (χ1) is 22.6. The summed E-state index contributed by atoms with van der Waals surface area (Å²) in [6.07, 6.45) is 48.2. The van der Waals surface area contributed by atoms with Gasteiger partial charge in [0.1, 0.15) is 6.61 Å². The van der Waals surface area contributed by atoms with Gasteiger partial charge in [0, 0.05) is 12.8 Å². The number of aliphatic hydroxyl groups is 1. The Labute approximate surface area is 283 Å². The zero-order valence-electron chi connectivity index (χ0n) is 29.6. The van der Waals surface area contributed by atoms with E-state index in [9.17, 15) is 14.7 Å². The van der Waals surface area contributed by atoms with Gasteiger partial charge in [0.25, 0.3) is 0 Å². The molecule has 0 aliphatic carbocycles. The van der Waals surface area contributed by atoms with Crippen LogP contribution in [0.4, 0.5) is 0 Å². The quantitative estimate of drug-likeness (QED) is 0.0450. The van der Waals surface area contributed by atoms with Crippen LogP contribution in [0, 0.1) is 0 Å². The topological polar surface area (TPSA) is 72.8 Å². The van der Waals surface area contributed by atoms with E-state index in [-0.39, 0.29) is 25.2 Å². The molecule has 0 aromatic carbocycles. The van der Waals surface area contributed by atoms with E-state index in [1.807, 2.05) is 0 Å². The number of hydrogen-bond acceptors (Lipinski definition) is 5. The summed E-state index contributed by atoms with van der Waals surface area (Å²) in [5.41, 5.74) is 0. The summed E-state index contributed by atoms with van der Waals surface area (Å²) in [5.74, 6) is -0.671.